The average Bonchev–Trinajstić information content (AvgIpc) is 3.04. The monoisotopic (exact) mass is 319 g/mol. The third-order valence-corrected chi connectivity index (χ3v) is 6.27. The minimum atomic E-state index is -3.43. The van der Waals surface area contributed by atoms with Gasteiger partial charge in [-0.1, -0.05) is 6.07 Å². The van der Waals surface area contributed by atoms with Crippen molar-refractivity contribution < 1.29 is 8.42 Å². The highest BCUT2D eigenvalue weighted by Gasteiger charge is 2.31. The Kier molecular flexibility index (Phi) is 4.06. The SMILES string of the molecule is Cc1ccc(S(=O)(=O)N2CCC[C@@H](c3ncc[nH]3)C2)cc1C. The van der Waals surface area contributed by atoms with Crippen LogP contribution in [0, 0.1) is 13.8 Å². The van der Waals surface area contributed by atoms with Gasteiger partial charge in [0.15, 0.2) is 0 Å². The molecule has 0 aliphatic carbocycles. The number of sulfonamides is 1. The van der Waals surface area contributed by atoms with Crippen LogP contribution in [0.25, 0.3) is 0 Å². The van der Waals surface area contributed by atoms with E-state index in [0.29, 0.717) is 18.0 Å². The molecule has 1 aliphatic rings. The molecule has 1 aromatic heterocycles. The van der Waals surface area contributed by atoms with E-state index in [1.54, 1.807) is 28.8 Å². The Morgan fingerprint density at radius 1 is 1.27 bits per heavy atom. The Morgan fingerprint density at radius 2 is 2.09 bits per heavy atom. The first-order chi connectivity index (χ1) is 10.5. The molecule has 6 heteroatoms. The maximum Gasteiger partial charge on any atom is 0.243 e. The van der Waals surface area contributed by atoms with Crippen LogP contribution >= 0.6 is 0 Å². The smallest absolute Gasteiger partial charge is 0.243 e. The summed E-state index contributed by atoms with van der Waals surface area (Å²) in [6.45, 7) is 4.99. The van der Waals surface area contributed by atoms with Gasteiger partial charge in [-0.15, -0.1) is 0 Å². The molecule has 2 aromatic rings. The fraction of sp³-hybridized carbons (Fsp3) is 0.438. The molecular weight excluding hydrogens is 298 g/mol. The fourth-order valence-corrected chi connectivity index (χ4v) is 4.52. The van der Waals surface area contributed by atoms with Crippen molar-refractivity contribution in [2.24, 2.45) is 0 Å². The van der Waals surface area contributed by atoms with Gasteiger partial charge in [-0.25, -0.2) is 13.4 Å². The number of hydrogen-bond donors (Lipinski definition) is 1. The second kappa shape index (κ2) is 5.85. The number of imidazole rings is 1. The van der Waals surface area contributed by atoms with Gasteiger partial charge in [0.25, 0.3) is 0 Å². The van der Waals surface area contributed by atoms with Gasteiger partial charge in [0.05, 0.1) is 4.90 Å². The molecule has 0 bridgehead atoms. The van der Waals surface area contributed by atoms with Gasteiger partial charge in [0.2, 0.25) is 10.0 Å². The molecular formula is C16H21N3O2S. The summed E-state index contributed by atoms with van der Waals surface area (Å²) in [6.07, 6.45) is 5.32. The number of benzene rings is 1. The first-order valence-electron chi connectivity index (χ1n) is 7.55. The van der Waals surface area contributed by atoms with Crippen molar-refractivity contribution in [1.29, 1.82) is 0 Å². The molecule has 0 saturated carbocycles. The Morgan fingerprint density at radius 3 is 2.77 bits per heavy atom. The predicted octanol–water partition coefficient (Wildman–Crippen LogP) is 2.59. The van der Waals surface area contributed by atoms with Gasteiger partial charge in [-0.2, -0.15) is 4.31 Å². The molecule has 1 fully saturated rings. The van der Waals surface area contributed by atoms with Crippen LogP contribution in [0.15, 0.2) is 35.5 Å². The molecule has 1 saturated heterocycles. The van der Waals surface area contributed by atoms with E-state index in [0.717, 1.165) is 29.8 Å². The molecule has 0 amide bonds. The van der Waals surface area contributed by atoms with Crippen molar-refractivity contribution >= 4 is 10.0 Å². The van der Waals surface area contributed by atoms with Crippen molar-refractivity contribution in [2.45, 2.75) is 37.5 Å². The lowest BCUT2D eigenvalue weighted by Gasteiger charge is -2.31. The molecule has 1 aromatic carbocycles. The summed E-state index contributed by atoms with van der Waals surface area (Å²) in [5.74, 6) is 1.02. The van der Waals surface area contributed by atoms with Gasteiger partial charge in [-0.05, 0) is 49.9 Å². The second-order valence-electron chi connectivity index (χ2n) is 5.92. The lowest BCUT2D eigenvalue weighted by molar-refractivity contribution is 0.310. The van der Waals surface area contributed by atoms with Crippen LogP contribution in [-0.4, -0.2) is 35.8 Å². The van der Waals surface area contributed by atoms with E-state index in [1.807, 2.05) is 19.9 Å². The van der Waals surface area contributed by atoms with E-state index in [2.05, 4.69) is 9.97 Å². The third-order valence-electron chi connectivity index (χ3n) is 4.41. The summed E-state index contributed by atoms with van der Waals surface area (Å²) < 4.78 is 27.3. The van der Waals surface area contributed by atoms with Crippen LogP contribution < -0.4 is 0 Å². The van der Waals surface area contributed by atoms with E-state index >= 15 is 0 Å². The zero-order valence-electron chi connectivity index (χ0n) is 12.9. The lowest BCUT2D eigenvalue weighted by Crippen LogP contribution is -2.39. The van der Waals surface area contributed by atoms with Crippen LogP contribution in [0.4, 0.5) is 0 Å². The number of aryl methyl sites for hydroxylation is 2. The van der Waals surface area contributed by atoms with Gasteiger partial charge >= 0.3 is 0 Å². The van der Waals surface area contributed by atoms with Crippen LogP contribution in [-0.2, 0) is 10.0 Å². The van der Waals surface area contributed by atoms with E-state index in [1.165, 1.54) is 0 Å². The van der Waals surface area contributed by atoms with Crippen molar-refractivity contribution in [2.75, 3.05) is 13.1 Å². The van der Waals surface area contributed by atoms with Gasteiger partial charge in [-0.3, -0.25) is 0 Å². The molecule has 1 atom stereocenters. The standard InChI is InChI=1S/C16H21N3O2S/c1-12-5-6-15(10-13(12)2)22(20,21)19-9-3-4-14(11-19)16-17-7-8-18-16/h5-8,10,14H,3-4,9,11H2,1-2H3,(H,17,18)/t14-/m1/s1. The molecule has 118 valence electrons. The third kappa shape index (κ3) is 2.80. The number of hydrogen-bond acceptors (Lipinski definition) is 3. The van der Waals surface area contributed by atoms with Crippen molar-refractivity contribution in [3.05, 3.63) is 47.5 Å². The topological polar surface area (TPSA) is 66.1 Å². The molecule has 1 aliphatic heterocycles. The Labute approximate surface area is 131 Å². The van der Waals surface area contributed by atoms with Crippen LogP contribution in [0.2, 0.25) is 0 Å². The molecule has 0 unspecified atom stereocenters. The van der Waals surface area contributed by atoms with Crippen LogP contribution in [0.3, 0.4) is 0 Å². The highest BCUT2D eigenvalue weighted by molar-refractivity contribution is 7.89. The number of aromatic amines is 1. The quantitative estimate of drug-likeness (QED) is 0.945. The lowest BCUT2D eigenvalue weighted by atomic mass is 9.99. The first-order valence-corrected chi connectivity index (χ1v) is 8.99. The Hall–Kier alpha value is -1.66. The molecule has 0 spiro atoms. The molecule has 0 radical (unpaired) electrons. The number of nitrogens with one attached hydrogen (secondary N) is 1. The maximum absolute atomic E-state index is 12.9. The number of nitrogens with zero attached hydrogens (tertiary/aromatic N) is 2. The summed E-state index contributed by atoms with van der Waals surface area (Å²) >= 11 is 0. The minimum Gasteiger partial charge on any atom is -0.348 e. The number of rotatable bonds is 3. The van der Waals surface area contributed by atoms with Crippen LogP contribution in [0.1, 0.15) is 35.7 Å². The summed E-state index contributed by atoms with van der Waals surface area (Å²) in [7, 11) is -3.43. The number of piperidine rings is 1. The zero-order chi connectivity index (χ0) is 15.7. The number of H-pyrrole nitrogens is 1. The van der Waals surface area contributed by atoms with Gasteiger partial charge in [0, 0.05) is 31.4 Å². The highest BCUT2D eigenvalue weighted by atomic mass is 32.2. The Bertz CT molecular complexity index is 754. The second-order valence-corrected chi connectivity index (χ2v) is 7.86. The zero-order valence-corrected chi connectivity index (χ0v) is 13.7. The predicted molar refractivity (Wildman–Crippen MR) is 85.2 cm³/mol. The number of aromatic nitrogens is 2. The van der Waals surface area contributed by atoms with E-state index in [-0.39, 0.29) is 5.92 Å². The molecule has 5 nitrogen and oxygen atoms in total. The molecule has 3 rings (SSSR count). The summed E-state index contributed by atoms with van der Waals surface area (Å²) in [6, 6.07) is 5.34. The molecule has 22 heavy (non-hydrogen) atoms. The normalized spacial score (nSPS) is 20.2. The average molecular weight is 319 g/mol. The van der Waals surface area contributed by atoms with Crippen LogP contribution in [0.5, 0.6) is 0 Å². The first kappa shape index (κ1) is 15.2. The largest absolute Gasteiger partial charge is 0.348 e. The summed E-state index contributed by atoms with van der Waals surface area (Å²) in [4.78, 5) is 7.77. The van der Waals surface area contributed by atoms with Crippen molar-refractivity contribution in [3.63, 3.8) is 0 Å². The fourth-order valence-electron chi connectivity index (χ4n) is 2.91. The Balaban J connectivity index is 1.86. The van der Waals surface area contributed by atoms with E-state index in [4.69, 9.17) is 0 Å². The summed E-state index contributed by atoms with van der Waals surface area (Å²) in [5, 5.41) is 0. The highest BCUT2D eigenvalue weighted by Crippen LogP contribution is 2.29. The van der Waals surface area contributed by atoms with E-state index in [9.17, 15) is 8.42 Å². The van der Waals surface area contributed by atoms with Gasteiger partial charge < -0.3 is 4.98 Å². The minimum absolute atomic E-state index is 0.144. The molecule has 1 N–H and O–H groups in total. The van der Waals surface area contributed by atoms with E-state index < -0.39 is 10.0 Å². The molecule has 2 heterocycles. The maximum atomic E-state index is 12.9. The van der Waals surface area contributed by atoms with Gasteiger partial charge in [0.1, 0.15) is 5.82 Å². The summed E-state index contributed by atoms with van der Waals surface area (Å²) in [5.41, 5.74) is 2.10. The van der Waals surface area contributed by atoms with Crippen molar-refractivity contribution in [1.82, 2.24) is 14.3 Å². The van der Waals surface area contributed by atoms with Crippen molar-refractivity contribution in [3.8, 4) is 0 Å².